The Balaban J connectivity index is 5.43. The Morgan fingerprint density at radius 2 is 1.79 bits per heavy atom. The highest BCUT2D eigenvalue weighted by molar-refractivity contribution is 6.02. The lowest BCUT2D eigenvalue weighted by Gasteiger charge is -2.28. The van der Waals surface area contributed by atoms with Crippen LogP contribution >= 0.6 is 0 Å². The number of nitrogens with zero attached hydrogens (tertiary/aromatic N) is 1. The van der Waals surface area contributed by atoms with Crippen LogP contribution in [0.25, 0.3) is 0 Å². The number of urea groups is 1. The third-order valence-electron chi connectivity index (χ3n) is 2.93. The van der Waals surface area contributed by atoms with Crippen LogP contribution in [0.1, 0.15) is 41.0 Å². The molecule has 0 saturated carbocycles. The summed E-state index contributed by atoms with van der Waals surface area (Å²) >= 11 is 0. The highest BCUT2D eigenvalue weighted by Crippen LogP contribution is 2.15. The van der Waals surface area contributed by atoms with E-state index in [1.54, 1.807) is 20.8 Å². The second-order valence-corrected chi connectivity index (χ2v) is 6.97. The maximum Gasteiger partial charge on any atom is 0.332 e. The molecule has 3 atom stereocenters. The standard InChI is InChI=1S/C15H29N5O4/c1-8(2)6-10(16)12(22)9(7-21)11(17)13(19-20-14(18)23)24-15(3,4)5/h7-11H,6,16-17H2,1-5H3,(H3,18,20,23)/t9-,10+,11?/m1/s1. The summed E-state index contributed by atoms with van der Waals surface area (Å²) in [4.78, 5) is 34.7. The molecule has 0 aromatic rings. The largest absolute Gasteiger partial charge is 0.473 e. The molecular formula is C15H29N5O4. The fourth-order valence-corrected chi connectivity index (χ4v) is 1.94. The van der Waals surface area contributed by atoms with Gasteiger partial charge in [0.05, 0.1) is 18.0 Å². The summed E-state index contributed by atoms with van der Waals surface area (Å²) in [6, 6.07) is -2.95. The summed E-state index contributed by atoms with van der Waals surface area (Å²) in [6.45, 7) is 9.00. The number of hydrogen-bond donors (Lipinski definition) is 4. The van der Waals surface area contributed by atoms with Crippen LogP contribution in [0.15, 0.2) is 5.10 Å². The number of nitrogens with one attached hydrogen (secondary N) is 1. The summed E-state index contributed by atoms with van der Waals surface area (Å²) in [5.74, 6) is -1.74. The van der Waals surface area contributed by atoms with Gasteiger partial charge in [0.2, 0.25) is 5.90 Å². The number of primary amides is 1. The maximum atomic E-state index is 12.4. The number of nitrogens with two attached hydrogens (primary N) is 3. The summed E-state index contributed by atoms with van der Waals surface area (Å²) in [6.07, 6.45) is 0.834. The van der Waals surface area contributed by atoms with Crippen molar-refractivity contribution in [2.45, 2.75) is 58.7 Å². The van der Waals surface area contributed by atoms with Crippen molar-refractivity contribution < 1.29 is 19.1 Å². The Bertz CT molecular complexity index is 485. The predicted molar refractivity (Wildman–Crippen MR) is 91.0 cm³/mol. The van der Waals surface area contributed by atoms with Gasteiger partial charge in [-0.05, 0) is 33.1 Å². The Labute approximate surface area is 142 Å². The minimum absolute atomic E-state index is 0.177. The van der Waals surface area contributed by atoms with Crippen molar-refractivity contribution in [2.24, 2.45) is 34.1 Å². The quantitative estimate of drug-likeness (QED) is 0.158. The van der Waals surface area contributed by atoms with Gasteiger partial charge in [-0.2, -0.15) is 0 Å². The van der Waals surface area contributed by atoms with Crippen LogP contribution < -0.4 is 22.6 Å². The number of ketones is 1. The third kappa shape index (κ3) is 8.02. The third-order valence-corrected chi connectivity index (χ3v) is 2.93. The second-order valence-electron chi connectivity index (χ2n) is 6.97. The molecule has 0 aromatic heterocycles. The van der Waals surface area contributed by atoms with Crippen LogP contribution in [0, 0.1) is 11.8 Å². The first-order chi connectivity index (χ1) is 10.9. The number of aldehydes is 1. The second kappa shape index (κ2) is 9.33. The van der Waals surface area contributed by atoms with E-state index < -0.39 is 35.4 Å². The topological polar surface area (TPSA) is 163 Å². The van der Waals surface area contributed by atoms with E-state index >= 15 is 0 Å². The minimum atomic E-state index is -1.24. The molecule has 0 heterocycles. The Kier molecular flexibility index (Phi) is 8.56. The van der Waals surface area contributed by atoms with Gasteiger partial charge in [-0.3, -0.25) is 4.79 Å². The van der Waals surface area contributed by atoms with Crippen molar-refractivity contribution in [1.82, 2.24) is 5.43 Å². The number of hydrogen-bond acceptors (Lipinski definition) is 7. The van der Waals surface area contributed by atoms with E-state index in [0.717, 1.165) is 0 Å². The summed E-state index contributed by atoms with van der Waals surface area (Å²) in [5, 5.41) is 3.67. The van der Waals surface area contributed by atoms with Gasteiger partial charge in [-0.1, -0.05) is 13.8 Å². The van der Waals surface area contributed by atoms with Crippen LogP contribution in [0.2, 0.25) is 0 Å². The Morgan fingerprint density at radius 1 is 1.25 bits per heavy atom. The van der Waals surface area contributed by atoms with E-state index in [2.05, 4.69) is 5.10 Å². The van der Waals surface area contributed by atoms with E-state index in [-0.39, 0.29) is 11.8 Å². The van der Waals surface area contributed by atoms with Gasteiger partial charge in [0, 0.05) is 0 Å². The summed E-state index contributed by atoms with van der Waals surface area (Å²) in [7, 11) is 0. The van der Waals surface area contributed by atoms with E-state index in [4.69, 9.17) is 21.9 Å². The number of amides is 2. The highest BCUT2D eigenvalue weighted by atomic mass is 16.5. The van der Waals surface area contributed by atoms with Crippen molar-refractivity contribution >= 4 is 24.0 Å². The van der Waals surface area contributed by atoms with E-state index in [1.165, 1.54) is 0 Å². The molecule has 0 fully saturated rings. The highest BCUT2D eigenvalue weighted by Gasteiger charge is 2.35. The SMILES string of the molecule is CC(C)C[C@H](N)C(=O)[C@H](C=O)C(N)C(=NNC(N)=O)OC(C)(C)C. The molecule has 0 radical (unpaired) electrons. The van der Waals surface area contributed by atoms with Gasteiger partial charge in [-0.15, -0.1) is 5.10 Å². The normalized spacial score (nSPS) is 16.2. The number of carbonyl (C=O) groups excluding carboxylic acids is 3. The first-order valence-corrected chi connectivity index (χ1v) is 7.71. The molecule has 2 amide bonds. The zero-order valence-corrected chi connectivity index (χ0v) is 14.9. The van der Waals surface area contributed by atoms with Crippen LogP contribution in [0.5, 0.6) is 0 Å². The van der Waals surface area contributed by atoms with Crippen molar-refractivity contribution in [3.8, 4) is 0 Å². The van der Waals surface area contributed by atoms with Crippen LogP contribution in [0.3, 0.4) is 0 Å². The molecule has 0 spiro atoms. The monoisotopic (exact) mass is 343 g/mol. The van der Waals surface area contributed by atoms with Crippen LogP contribution in [0.4, 0.5) is 4.79 Å². The zero-order chi connectivity index (χ0) is 19.1. The fourth-order valence-electron chi connectivity index (χ4n) is 1.94. The van der Waals surface area contributed by atoms with Gasteiger partial charge in [-0.25, -0.2) is 10.2 Å². The summed E-state index contributed by atoms with van der Waals surface area (Å²) < 4.78 is 5.55. The lowest BCUT2D eigenvalue weighted by molar-refractivity contribution is -0.129. The van der Waals surface area contributed by atoms with Gasteiger partial charge >= 0.3 is 6.03 Å². The smallest absolute Gasteiger partial charge is 0.332 e. The molecule has 0 rings (SSSR count). The van der Waals surface area contributed by atoms with Crippen LogP contribution in [-0.2, 0) is 14.3 Å². The predicted octanol–water partition coefficient (Wildman–Crippen LogP) is -0.132. The zero-order valence-electron chi connectivity index (χ0n) is 14.9. The average molecular weight is 343 g/mol. The van der Waals surface area contributed by atoms with E-state index in [0.29, 0.717) is 12.7 Å². The maximum absolute atomic E-state index is 12.4. The fraction of sp³-hybridized carbons (Fsp3) is 0.733. The van der Waals surface area contributed by atoms with E-state index in [1.807, 2.05) is 19.3 Å². The molecule has 0 saturated heterocycles. The van der Waals surface area contributed by atoms with Gasteiger partial charge in [0.25, 0.3) is 0 Å². The van der Waals surface area contributed by atoms with Crippen molar-refractivity contribution in [3.05, 3.63) is 0 Å². The number of Topliss-reactive ketones (excluding diaryl/α,β-unsaturated/α-hetero) is 1. The molecule has 7 N–H and O–H groups in total. The molecule has 24 heavy (non-hydrogen) atoms. The molecule has 9 nitrogen and oxygen atoms in total. The average Bonchev–Trinajstić information content (AvgIpc) is 2.41. The molecule has 1 unspecified atom stereocenters. The Morgan fingerprint density at radius 3 is 2.17 bits per heavy atom. The first-order valence-electron chi connectivity index (χ1n) is 7.71. The van der Waals surface area contributed by atoms with E-state index in [9.17, 15) is 14.4 Å². The molecule has 0 aliphatic carbocycles. The molecule has 0 aliphatic heterocycles. The van der Waals surface area contributed by atoms with Crippen LogP contribution in [-0.4, -0.2) is 41.7 Å². The summed E-state index contributed by atoms with van der Waals surface area (Å²) in [5.41, 5.74) is 18.1. The lowest BCUT2D eigenvalue weighted by atomic mass is 9.89. The first kappa shape index (κ1) is 22.0. The lowest BCUT2D eigenvalue weighted by Crippen LogP contribution is -2.51. The number of rotatable bonds is 8. The van der Waals surface area contributed by atoms with Crippen molar-refractivity contribution in [1.29, 1.82) is 0 Å². The van der Waals surface area contributed by atoms with Gasteiger partial charge in [0.15, 0.2) is 5.78 Å². The number of ether oxygens (including phenoxy) is 1. The Hall–Kier alpha value is -2.00. The van der Waals surface area contributed by atoms with Gasteiger partial charge in [0.1, 0.15) is 11.9 Å². The minimum Gasteiger partial charge on any atom is -0.473 e. The molecule has 0 aromatic carbocycles. The number of carbonyl (C=O) groups is 3. The van der Waals surface area contributed by atoms with Crippen molar-refractivity contribution in [3.63, 3.8) is 0 Å². The van der Waals surface area contributed by atoms with Crippen molar-refractivity contribution in [2.75, 3.05) is 0 Å². The number of hydrazone groups is 1. The molecular weight excluding hydrogens is 314 g/mol. The molecule has 0 bridgehead atoms. The molecule has 9 heteroatoms. The molecule has 138 valence electrons. The van der Waals surface area contributed by atoms with Gasteiger partial charge < -0.3 is 26.7 Å². The molecule has 0 aliphatic rings.